The van der Waals surface area contributed by atoms with Crippen molar-refractivity contribution in [3.05, 3.63) is 35.0 Å². The van der Waals surface area contributed by atoms with E-state index >= 15 is 0 Å². The highest BCUT2D eigenvalue weighted by Crippen LogP contribution is 2.27. The van der Waals surface area contributed by atoms with Crippen molar-refractivity contribution in [1.82, 2.24) is 5.32 Å². The van der Waals surface area contributed by atoms with Crippen molar-refractivity contribution in [2.75, 3.05) is 19.8 Å². The second-order valence-electron chi connectivity index (χ2n) is 5.10. The predicted molar refractivity (Wildman–Crippen MR) is 90.9 cm³/mol. The number of carbonyl (C=O) groups excluding carboxylic acids is 3. The molecule has 0 saturated heterocycles. The Balaban J connectivity index is 1.74. The lowest BCUT2D eigenvalue weighted by molar-refractivity contribution is -0.143. The van der Waals surface area contributed by atoms with Gasteiger partial charge in [-0.15, -0.1) is 11.3 Å². The molecule has 6 nitrogen and oxygen atoms in total. The summed E-state index contributed by atoms with van der Waals surface area (Å²) in [6, 6.07) is 5.99. The van der Waals surface area contributed by atoms with Gasteiger partial charge in [0.1, 0.15) is 10.7 Å². The Hall–Kier alpha value is -2.48. The van der Waals surface area contributed by atoms with Crippen LogP contribution in [-0.2, 0) is 19.1 Å². The van der Waals surface area contributed by atoms with Gasteiger partial charge in [-0.25, -0.2) is 9.18 Å². The number of halogens is 1. The molecule has 1 N–H and O–H groups in total. The van der Waals surface area contributed by atoms with Crippen LogP contribution in [0.25, 0.3) is 10.1 Å². The molecule has 0 aliphatic heterocycles. The fraction of sp³-hybridized carbons (Fsp3) is 0.353. The van der Waals surface area contributed by atoms with Crippen LogP contribution in [0, 0.1) is 5.82 Å². The Labute approximate surface area is 147 Å². The normalized spacial score (nSPS) is 10.5. The van der Waals surface area contributed by atoms with Gasteiger partial charge >= 0.3 is 11.9 Å². The first kappa shape index (κ1) is 18.9. The standard InChI is InChI=1S/C17H18FNO5S/c1-2-23-16(21)7-4-8-19-15(20)10-24-17(22)14-9-11-12(18)5-3-6-13(11)25-14/h3,5-6,9H,2,4,7-8,10H2,1H3,(H,19,20). The van der Waals surface area contributed by atoms with Gasteiger partial charge < -0.3 is 14.8 Å². The molecular formula is C17H18FNO5S. The van der Waals surface area contributed by atoms with Gasteiger partial charge in [0.15, 0.2) is 6.61 Å². The van der Waals surface area contributed by atoms with Gasteiger partial charge in [0.2, 0.25) is 0 Å². The number of hydrogen-bond acceptors (Lipinski definition) is 6. The highest BCUT2D eigenvalue weighted by atomic mass is 32.1. The largest absolute Gasteiger partial charge is 0.466 e. The van der Waals surface area contributed by atoms with Crippen LogP contribution in [0.3, 0.4) is 0 Å². The highest BCUT2D eigenvalue weighted by molar-refractivity contribution is 7.20. The van der Waals surface area contributed by atoms with Crippen LogP contribution in [0.2, 0.25) is 0 Å². The Bertz CT molecular complexity index is 773. The fourth-order valence-electron chi connectivity index (χ4n) is 2.07. The topological polar surface area (TPSA) is 81.7 Å². The predicted octanol–water partition coefficient (Wildman–Crippen LogP) is 2.66. The molecule has 1 aromatic heterocycles. The van der Waals surface area contributed by atoms with Crippen molar-refractivity contribution in [2.24, 2.45) is 0 Å². The molecule has 1 aromatic carbocycles. The molecule has 0 unspecified atom stereocenters. The van der Waals surface area contributed by atoms with Crippen LogP contribution in [0.15, 0.2) is 24.3 Å². The van der Waals surface area contributed by atoms with Crippen molar-refractivity contribution < 1.29 is 28.2 Å². The number of amides is 1. The van der Waals surface area contributed by atoms with Gasteiger partial charge in [0.25, 0.3) is 5.91 Å². The number of ether oxygens (including phenoxy) is 2. The van der Waals surface area contributed by atoms with E-state index in [9.17, 15) is 18.8 Å². The van der Waals surface area contributed by atoms with Gasteiger partial charge in [0.05, 0.1) is 6.61 Å². The number of carbonyl (C=O) groups is 3. The molecule has 0 atom stereocenters. The number of thiophene rings is 1. The summed E-state index contributed by atoms with van der Waals surface area (Å²) in [5.41, 5.74) is 0. The van der Waals surface area contributed by atoms with E-state index in [2.05, 4.69) is 5.32 Å². The summed E-state index contributed by atoms with van der Waals surface area (Å²) in [5, 5.41) is 2.89. The monoisotopic (exact) mass is 367 g/mol. The first-order valence-corrected chi connectivity index (χ1v) is 8.60. The Kier molecular flexibility index (Phi) is 6.88. The summed E-state index contributed by atoms with van der Waals surface area (Å²) in [6.45, 7) is 1.89. The average molecular weight is 367 g/mol. The molecule has 0 radical (unpaired) electrons. The zero-order valence-electron chi connectivity index (χ0n) is 13.7. The van der Waals surface area contributed by atoms with Crippen molar-refractivity contribution >= 4 is 39.3 Å². The summed E-state index contributed by atoms with van der Waals surface area (Å²) in [6.07, 6.45) is 0.648. The molecule has 0 aliphatic carbocycles. The lowest BCUT2D eigenvalue weighted by atomic mass is 10.2. The number of benzene rings is 1. The van der Waals surface area contributed by atoms with Crippen molar-refractivity contribution in [3.63, 3.8) is 0 Å². The van der Waals surface area contributed by atoms with E-state index in [1.54, 1.807) is 19.1 Å². The molecule has 25 heavy (non-hydrogen) atoms. The van der Waals surface area contributed by atoms with E-state index in [-0.39, 0.29) is 23.8 Å². The smallest absolute Gasteiger partial charge is 0.348 e. The lowest BCUT2D eigenvalue weighted by Gasteiger charge is -2.05. The number of rotatable bonds is 8. The van der Waals surface area contributed by atoms with Gasteiger partial charge in [-0.05, 0) is 31.5 Å². The second kappa shape index (κ2) is 9.12. The fourth-order valence-corrected chi connectivity index (χ4v) is 3.04. The number of esters is 2. The summed E-state index contributed by atoms with van der Waals surface area (Å²) in [5.74, 6) is -1.88. The first-order valence-electron chi connectivity index (χ1n) is 7.78. The second-order valence-corrected chi connectivity index (χ2v) is 6.18. The van der Waals surface area contributed by atoms with E-state index in [0.717, 1.165) is 11.3 Å². The third kappa shape index (κ3) is 5.53. The lowest BCUT2D eigenvalue weighted by Crippen LogP contribution is -2.29. The quantitative estimate of drug-likeness (QED) is 0.573. The van der Waals surface area contributed by atoms with E-state index in [4.69, 9.17) is 9.47 Å². The highest BCUT2D eigenvalue weighted by Gasteiger charge is 2.15. The van der Waals surface area contributed by atoms with E-state index in [1.807, 2.05) is 0 Å². The summed E-state index contributed by atoms with van der Waals surface area (Å²) >= 11 is 1.10. The molecule has 0 saturated carbocycles. The van der Waals surface area contributed by atoms with Crippen LogP contribution < -0.4 is 5.32 Å². The van der Waals surface area contributed by atoms with Gasteiger partial charge in [-0.1, -0.05) is 6.07 Å². The minimum absolute atomic E-state index is 0.210. The maximum atomic E-state index is 13.6. The van der Waals surface area contributed by atoms with Crippen LogP contribution >= 0.6 is 11.3 Å². The Morgan fingerprint density at radius 1 is 1.24 bits per heavy atom. The van der Waals surface area contributed by atoms with E-state index in [0.29, 0.717) is 23.1 Å². The van der Waals surface area contributed by atoms with Crippen molar-refractivity contribution in [2.45, 2.75) is 19.8 Å². The molecule has 2 rings (SSSR count). The van der Waals surface area contributed by atoms with Gasteiger partial charge in [-0.2, -0.15) is 0 Å². The average Bonchev–Trinajstić information content (AvgIpc) is 3.02. The van der Waals surface area contributed by atoms with E-state index < -0.39 is 24.3 Å². The number of hydrogen-bond donors (Lipinski definition) is 1. The molecule has 2 aromatic rings. The minimum Gasteiger partial charge on any atom is -0.466 e. The zero-order chi connectivity index (χ0) is 18.2. The number of nitrogens with one attached hydrogen (secondary N) is 1. The van der Waals surface area contributed by atoms with E-state index in [1.165, 1.54) is 12.1 Å². The maximum absolute atomic E-state index is 13.6. The first-order chi connectivity index (χ1) is 12.0. The van der Waals surface area contributed by atoms with Crippen LogP contribution in [0.4, 0.5) is 4.39 Å². The minimum atomic E-state index is -0.678. The van der Waals surface area contributed by atoms with Crippen LogP contribution in [0.1, 0.15) is 29.4 Å². The SMILES string of the molecule is CCOC(=O)CCCNC(=O)COC(=O)c1cc2c(F)cccc2s1. The van der Waals surface area contributed by atoms with Crippen LogP contribution in [-0.4, -0.2) is 37.6 Å². The molecular weight excluding hydrogens is 349 g/mol. The molecule has 0 fully saturated rings. The van der Waals surface area contributed by atoms with Gasteiger partial charge in [0, 0.05) is 23.1 Å². The molecule has 134 valence electrons. The Morgan fingerprint density at radius 3 is 2.76 bits per heavy atom. The third-order valence-electron chi connectivity index (χ3n) is 3.23. The summed E-state index contributed by atoms with van der Waals surface area (Å²) in [4.78, 5) is 34.9. The van der Waals surface area contributed by atoms with Crippen molar-refractivity contribution in [3.8, 4) is 0 Å². The zero-order valence-corrected chi connectivity index (χ0v) is 14.5. The number of fused-ring (bicyclic) bond motifs is 1. The summed E-state index contributed by atoms with van der Waals surface area (Å²) < 4.78 is 23.9. The maximum Gasteiger partial charge on any atom is 0.348 e. The third-order valence-corrected chi connectivity index (χ3v) is 4.31. The Morgan fingerprint density at radius 2 is 2.04 bits per heavy atom. The summed E-state index contributed by atoms with van der Waals surface area (Å²) in [7, 11) is 0. The molecule has 0 bridgehead atoms. The molecule has 0 spiro atoms. The van der Waals surface area contributed by atoms with Gasteiger partial charge in [-0.3, -0.25) is 9.59 Å². The molecule has 1 amide bonds. The molecule has 1 heterocycles. The van der Waals surface area contributed by atoms with Crippen molar-refractivity contribution in [1.29, 1.82) is 0 Å². The molecule has 0 aliphatic rings. The van der Waals surface area contributed by atoms with Crippen LogP contribution in [0.5, 0.6) is 0 Å². The molecule has 8 heteroatoms.